The van der Waals surface area contributed by atoms with Gasteiger partial charge in [0.15, 0.2) is 0 Å². The van der Waals surface area contributed by atoms with Crippen LogP contribution < -0.4 is 4.74 Å². The summed E-state index contributed by atoms with van der Waals surface area (Å²) in [5.74, 6) is -0.599. The van der Waals surface area contributed by atoms with Gasteiger partial charge in [-0.15, -0.1) is 13.2 Å². The lowest BCUT2D eigenvalue weighted by molar-refractivity contribution is -0.274. The predicted octanol–water partition coefficient (Wildman–Crippen LogP) is 1.34. The summed E-state index contributed by atoms with van der Waals surface area (Å²) in [6, 6.07) is 4.18. The zero-order valence-electron chi connectivity index (χ0n) is 10.2. The van der Waals surface area contributed by atoms with E-state index in [2.05, 4.69) is 4.74 Å². The summed E-state index contributed by atoms with van der Waals surface area (Å²) >= 11 is 0. The molecule has 5 nitrogen and oxygen atoms in total. The Morgan fingerprint density at radius 1 is 1.35 bits per heavy atom. The highest BCUT2D eigenvalue weighted by molar-refractivity contribution is 7.89. The average Bonchev–Trinajstić information content (AvgIpc) is 2.74. The first-order chi connectivity index (χ1) is 9.18. The second-order valence-electron chi connectivity index (χ2n) is 4.33. The number of ether oxygens (including phenoxy) is 1. The predicted molar refractivity (Wildman–Crippen MR) is 62.5 cm³/mol. The van der Waals surface area contributed by atoms with Gasteiger partial charge in [0.1, 0.15) is 5.75 Å². The fourth-order valence-corrected chi connectivity index (χ4v) is 3.44. The maximum absolute atomic E-state index is 12.2. The van der Waals surface area contributed by atoms with Gasteiger partial charge in [-0.2, -0.15) is 4.31 Å². The molecule has 1 fully saturated rings. The minimum Gasteiger partial charge on any atom is -0.406 e. The van der Waals surface area contributed by atoms with Crippen LogP contribution in [0.15, 0.2) is 29.2 Å². The Kier molecular flexibility index (Phi) is 3.94. The number of β-amino-alcohol motifs (C(OH)–C–C–N with tert-alkyl or cyclic N) is 1. The van der Waals surface area contributed by atoms with Crippen LogP contribution in [-0.2, 0) is 10.0 Å². The third kappa shape index (κ3) is 3.41. The van der Waals surface area contributed by atoms with E-state index in [1.54, 1.807) is 0 Å². The number of hydrogen-bond acceptors (Lipinski definition) is 4. The largest absolute Gasteiger partial charge is 0.573 e. The second-order valence-corrected chi connectivity index (χ2v) is 6.27. The summed E-state index contributed by atoms with van der Waals surface area (Å²) in [7, 11) is -3.92. The fraction of sp³-hybridized carbons (Fsp3) is 0.455. The average molecular weight is 311 g/mol. The molecule has 0 saturated carbocycles. The molecule has 1 aromatic carbocycles. The molecule has 1 atom stereocenters. The van der Waals surface area contributed by atoms with Crippen molar-refractivity contribution < 1.29 is 31.4 Å². The summed E-state index contributed by atoms with van der Waals surface area (Å²) in [5, 5.41) is 9.34. The lowest BCUT2D eigenvalue weighted by atomic mass is 10.3. The quantitative estimate of drug-likeness (QED) is 0.915. The van der Waals surface area contributed by atoms with E-state index in [-0.39, 0.29) is 18.0 Å². The van der Waals surface area contributed by atoms with Crippen LogP contribution in [0.5, 0.6) is 5.75 Å². The molecule has 1 aliphatic heterocycles. The van der Waals surface area contributed by atoms with Crippen molar-refractivity contribution in [1.29, 1.82) is 0 Å². The van der Waals surface area contributed by atoms with E-state index in [9.17, 15) is 26.7 Å². The number of benzene rings is 1. The Hall–Kier alpha value is -1.32. The summed E-state index contributed by atoms with van der Waals surface area (Å²) < 4.78 is 65.4. The molecule has 0 spiro atoms. The Morgan fingerprint density at radius 2 is 2.05 bits per heavy atom. The van der Waals surface area contributed by atoms with Crippen molar-refractivity contribution in [2.75, 3.05) is 13.1 Å². The molecule has 2 rings (SSSR count). The fourth-order valence-electron chi connectivity index (χ4n) is 1.91. The lowest BCUT2D eigenvalue weighted by Gasteiger charge is -2.16. The number of rotatable bonds is 3. The van der Waals surface area contributed by atoms with Crippen molar-refractivity contribution in [1.82, 2.24) is 4.31 Å². The second kappa shape index (κ2) is 5.23. The van der Waals surface area contributed by atoms with Gasteiger partial charge in [0, 0.05) is 19.2 Å². The number of aliphatic hydroxyl groups excluding tert-OH is 1. The number of halogens is 3. The van der Waals surface area contributed by atoms with E-state index >= 15 is 0 Å². The van der Waals surface area contributed by atoms with E-state index in [1.165, 1.54) is 12.1 Å². The first-order valence-corrected chi connectivity index (χ1v) is 7.16. The van der Waals surface area contributed by atoms with Crippen LogP contribution in [-0.4, -0.2) is 43.4 Å². The van der Waals surface area contributed by atoms with E-state index in [1.807, 2.05) is 0 Å². The van der Waals surface area contributed by atoms with Crippen molar-refractivity contribution >= 4 is 10.0 Å². The SMILES string of the molecule is O=S(=O)(c1cccc(OC(F)(F)F)c1)N1CC[C@H](O)C1. The monoisotopic (exact) mass is 311 g/mol. The number of alkyl halides is 3. The standard InChI is InChI=1S/C11H12F3NO4S/c12-11(13,14)19-9-2-1-3-10(6-9)20(17,18)15-5-4-8(16)7-15/h1-3,6,8,16H,4-5,7H2/t8-/m0/s1. The number of sulfonamides is 1. The van der Waals surface area contributed by atoms with Gasteiger partial charge in [-0.05, 0) is 18.6 Å². The van der Waals surface area contributed by atoms with Crippen LogP contribution in [0.2, 0.25) is 0 Å². The van der Waals surface area contributed by atoms with Gasteiger partial charge in [0.25, 0.3) is 0 Å². The van der Waals surface area contributed by atoms with Crippen molar-refractivity contribution in [3.05, 3.63) is 24.3 Å². The third-order valence-electron chi connectivity index (χ3n) is 2.80. The molecule has 20 heavy (non-hydrogen) atoms. The van der Waals surface area contributed by atoms with Gasteiger partial charge in [-0.25, -0.2) is 8.42 Å². The Bertz CT molecular complexity index is 588. The maximum atomic E-state index is 12.2. The van der Waals surface area contributed by atoms with Crippen LogP contribution in [0.25, 0.3) is 0 Å². The van der Waals surface area contributed by atoms with Crippen LogP contribution in [0.1, 0.15) is 6.42 Å². The van der Waals surface area contributed by atoms with Crippen molar-refractivity contribution in [2.45, 2.75) is 23.8 Å². The van der Waals surface area contributed by atoms with E-state index in [0.29, 0.717) is 6.42 Å². The number of hydrogen-bond donors (Lipinski definition) is 1. The van der Waals surface area contributed by atoms with Crippen molar-refractivity contribution in [3.8, 4) is 5.75 Å². The lowest BCUT2D eigenvalue weighted by Crippen LogP contribution is -2.29. The molecule has 0 bridgehead atoms. The molecule has 1 aromatic rings. The summed E-state index contributed by atoms with van der Waals surface area (Å²) in [5.41, 5.74) is 0. The number of aliphatic hydroxyl groups is 1. The van der Waals surface area contributed by atoms with E-state index in [0.717, 1.165) is 16.4 Å². The summed E-state index contributed by atoms with van der Waals surface area (Å²) in [6.07, 6.45) is -5.33. The minimum absolute atomic E-state index is 0.0628. The molecule has 9 heteroatoms. The minimum atomic E-state index is -4.88. The molecule has 0 aromatic heterocycles. The van der Waals surface area contributed by atoms with E-state index < -0.39 is 28.2 Å². The Morgan fingerprint density at radius 3 is 2.60 bits per heavy atom. The Labute approximate surface area is 113 Å². The van der Waals surface area contributed by atoms with Gasteiger partial charge in [-0.1, -0.05) is 6.07 Å². The molecule has 112 valence electrons. The molecule has 1 aliphatic rings. The van der Waals surface area contributed by atoms with Gasteiger partial charge >= 0.3 is 6.36 Å². The van der Waals surface area contributed by atoms with Crippen LogP contribution in [0, 0.1) is 0 Å². The smallest absolute Gasteiger partial charge is 0.406 e. The third-order valence-corrected chi connectivity index (χ3v) is 4.66. The molecular weight excluding hydrogens is 299 g/mol. The van der Waals surface area contributed by atoms with E-state index in [4.69, 9.17) is 0 Å². The topological polar surface area (TPSA) is 66.8 Å². The Balaban J connectivity index is 2.26. The number of nitrogens with zero attached hydrogens (tertiary/aromatic N) is 1. The van der Waals surface area contributed by atoms with Crippen LogP contribution in [0.3, 0.4) is 0 Å². The van der Waals surface area contributed by atoms with Gasteiger partial charge in [0.2, 0.25) is 10.0 Å². The zero-order valence-corrected chi connectivity index (χ0v) is 11.0. The maximum Gasteiger partial charge on any atom is 0.573 e. The molecule has 0 radical (unpaired) electrons. The molecule has 0 aliphatic carbocycles. The van der Waals surface area contributed by atoms with Gasteiger partial charge < -0.3 is 9.84 Å². The molecular formula is C11H12F3NO4S. The highest BCUT2D eigenvalue weighted by atomic mass is 32.2. The van der Waals surface area contributed by atoms with Crippen molar-refractivity contribution in [2.24, 2.45) is 0 Å². The zero-order chi connectivity index (χ0) is 15.0. The highest BCUT2D eigenvalue weighted by Crippen LogP contribution is 2.27. The normalized spacial score (nSPS) is 21.1. The first-order valence-electron chi connectivity index (χ1n) is 5.72. The molecule has 0 unspecified atom stereocenters. The van der Waals surface area contributed by atoms with Crippen molar-refractivity contribution in [3.63, 3.8) is 0 Å². The highest BCUT2D eigenvalue weighted by Gasteiger charge is 2.34. The molecule has 1 N–H and O–H groups in total. The van der Waals surface area contributed by atoms with Crippen LogP contribution in [0.4, 0.5) is 13.2 Å². The molecule has 0 amide bonds. The van der Waals surface area contributed by atoms with Gasteiger partial charge in [0.05, 0.1) is 11.0 Å². The first kappa shape index (κ1) is 15.1. The molecule has 1 saturated heterocycles. The van der Waals surface area contributed by atoms with Crippen LogP contribution >= 0.6 is 0 Å². The molecule has 1 heterocycles. The summed E-state index contributed by atoms with van der Waals surface area (Å²) in [4.78, 5) is -0.298. The summed E-state index contributed by atoms with van der Waals surface area (Å²) in [6.45, 7) is 0.0700. The van der Waals surface area contributed by atoms with Gasteiger partial charge in [-0.3, -0.25) is 0 Å².